The Morgan fingerprint density at radius 1 is 0.897 bits per heavy atom. The summed E-state index contributed by atoms with van der Waals surface area (Å²) in [6, 6.07) is 24.5. The van der Waals surface area contributed by atoms with E-state index in [2.05, 4.69) is 61.2 Å². The number of fused-ring (bicyclic) bond motifs is 1. The molecule has 144 valence electrons. The van der Waals surface area contributed by atoms with Crippen molar-refractivity contribution in [3.8, 4) is 11.1 Å². The molecule has 0 atom stereocenters. The average molecular weight is 380 g/mol. The third-order valence-electron chi connectivity index (χ3n) is 5.40. The zero-order chi connectivity index (χ0) is 20.4. The Morgan fingerprint density at radius 3 is 2.10 bits per heavy atom. The van der Waals surface area contributed by atoms with Crippen LogP contribution in [0, 0.1) is 6.92 Å². The minimum Gasteiger partial charge on any atom is -0.326 e. The van der Waals surface area contributed by atoms with Gasteiger partial charge in [-0.15, -0.1) is 0 Å². The maximum atomic E-state index is 12.7. The highest BCUT2D eigenvalue weighted by atomic mass is 16.1. The SMILES string of the molecule is C=Cc1ccc2c(C)cc(=O)n(Cc3ccc(-c4ccc(CN)cc4)cc3)c2c1. The van der Waals surface area contributed by atoms with Crippen LogP contribution < -0.4 is 11.3 Å². The maximum Gasteiger partial charge on any atom is 0.251 e. The molecule has 0 saturated heterocycles. The normalized spacial score (nSPS) is 11.0. The summed E-state index contributed by atoms with van der Waals surface area (Å²) in [4.78, 5) is 12.7. The van der Waals surface area contributed by atoms with Crippen LogP contribution in [0.5, 0.6) is 0 Å². The van der Waals surface area contributed by atoms with Crippen molar-refractivity contribution in [2.75, 3.05) is 0 Å². The Labute approximate surface area is 170 Å². The van der Waals surface area contributed by atoms with Crippen molar-refractivity contribution in [2.24, 2.45) is 5.73 Å². The number of nitrogens with two attached hydrogens (primary N) is 1. The summed E-state index contributed by atoms with van der Waals surface area (Å²) < 4.78 is 1.83. The molecule has 0 unspecified atom stereocenters. The molecular weight excluding hydrogens is 356 g/mol. The largest absolute Gasteiger partial charge is 0.326 e. The van der Waals surface area contributed by atoms with Crippen LogP contribution in [0.2, 0.25) is 0 Å². The van der Waals surface area contributed by atoms with E-state index in [1.54, 1.807) is 12.1 Å². The molecule has 0 fully saturated rings. The van der Waals surface area contributed by atoms with E-state index in [0.29, 0.717) is 13.1 Å². The second-order valence-corrected chi connectivity index (χ2v) is 7.33. The van der Waals surface area contributed by atoms with Gasteiger partial charge in [-0.05, 0) is 46.4 Å². The van der Waals surface area contributed by atoms with Gasteiger partial charge in [-0.3, -0.25) is 4.79 Å². The van der Waals surface area contributed by atoms with Gasteiger partial charge in [0.25, 0.3) is 5.56 Å². The Morgan fingerprint density at radius 2 is 1.52 bits per heavy atom. The van der Waals surface area contributed by atoms with Gasteiger partial charge >= 0.3 is 0 Å². The number of benzene rings is 3. The highest BCUT2D eigenvalue weighted by Gasteiger charge is 2.08. The van der Waals surface area contributed by atoms with Crippen molar-refractivity contribution >= 4 is 17.0 Å². The summed E-state index contributed by atoms with van der Waals surface area (Å²) in [6.07, 6.45) is 1.81. The monoisotopic (exact) mass is 380 g/mol. The van der Waals surface area contributed by atoms with Gasteiger partial charge in [0.1, 0.15) is 0 Å². The first-order valence-corrected chi connectivity index (χ1v) is 9.74. The standard InChI is InChI=1S/C26H24N2O/c1-3-19-8-13-24-18(2)14-26(29)28(25(24)15-19)17-21-6-11-23(12-7-21)22-9-4-20(16-27)5-10-22/h3-15H,1,16-17,27H2,2H3. The number of aromatic nitrogens is 1. The molecule has 0 aliphatic heterocycles. The molecule has 4 rings (SSSR count). The zero-order valence-electron chi connectivity index (χ0n) is 16.6. The molecule has 29 heavy (non-hydrogen) atoms. The van der Waals surface area contributed by atoms with Gasteiger partial charge in [0.15, 0.2) is 0 Å². The lowest BCUT2D eigenvalue weighted by atomic mass is 10.0. The van der Waals surface area contributed by atoms with E-state index < -0.39 is 0 Å². The molecule has 3 aromatic carbocycles. The van der Waals surface area contributed by atoms with Gasteiger partial charge in [-0.25, -0.2) is 0 Å². The third-order valence-corrected chi connectivity index (χ3v) is 5.40. The summed E-state index contributed by atoms with van der Waals surface area (Å²) in [5, 5.41) is 1.09. The molecule has 4 aromatic rings. The smallest absolute Gasteiger partial charge is 0.251 e. The summed E-state index contributed by atoms with van der Waals surface area (Å²) in [7, 11) is 0. The highest BCUT2D eigenvalue weighted by Crippen LogP contribution is 2.22. The molecule has 0 saturated carbocycles. The van der Waals surface area contributed by atoms with E-state index in [0.717, 1.165) is 44.3 Å². The molecule has 0 aliphatic carbocycles. The van der Waals surface area contributed by atoms with Crippen molar-refractivity contribution in [1.29, 1.82) is 0 Å². The molecule has 0 bridgehead atoms. The number of aryl methyl sites for hydroxylation is 1. The molecule has 1 heterocycles. The maximum absolute atomic E-state index is 12.7. The Balaban J connectivity index is 1.69. The number of nitrogens with zero attached hydrogens (tertiary/aromatic N) is 1. The van der Waals surface area contributed by atoms with Crippen molar-refractivity contribution in [2.45, 2.75) is 20.0 Å². The first kappa shape index (κ1) is 18.9. The summed E-state index contributed by atoms with van der Waals surface area (Å²) in [6.45, 7) is 6.91. The molecule has 0 amide bonds. The highest BCUT2D eigenvalue weighted by molar-refractivity contribution is 5.84. The first-order chi connectivity index (χ1) is 14.1. The lowest BCUT2D eigenvalue weighted by Crippen LogP contribution is -2.21. The number of pyridine rings is 1. The molecule has 1 aromatic heterocycles. The van der Waals surface area contributed by atoms with Gasteiger partial charge in [0, 0.05) is 18.0 Å². The molecule has 3 heteroatoms. The summed E-state index contributed by atoms with van der Waals surface area (Å²) in [5.41, 5.74) is 13.1. The van der Waals surface area contributed by atoms with Gasteiger partial charge in [-0.1, -0.05) is 73.3 Å². The fourth-order valence-electron chi connectivity index (χ4n) is 3.67. The van der Waals surface area contributed by atoms with Gasteiger partial charge in [0.05, 0.1) is 12.1 Å². The van der Waals surface area contributed by atoms with Gasteiger partial charge in [0.2, 0.25) is 0 Å². The second kappa shape index (κ2) is 7.90. The van der Waals surface area contributed by atoms with Crippen molar-refractivity contribution in [3.05, 3.63) is 112 Å². The van der Waals surface area contributed by atoms with Crippen LogP contribution in [0.25, 0.3) is 28.1 Å². The number of hydrogen-bond donors (Lipinski definition) is 1. The van der Waals surface area contributed by atoms with E-state index in [-0.39, 0.29) is 5.56 Å². The van der Waals surface area contributed by atoms with E-state index in [1.165, 1.54) is 0 Å². The van der Waals surface area contributed by atoms with Crippen molar-refractivity contribution in [3.63, 3.8) is 0 Å². The Bertz CT molecular complexity index is 1230. The molecule has 0 spiro atoms. The minimum absolute atomic E-state index is 0.0117. The molecule has 0 radical (unpaired) electrons. The minimum atomic E-state index is 0.0117. The van der Waals surface area contributed by atoms with Crippen LogP contribution in [0.4, 0.5) is 0 Å². The van der Waals surface area contributed by atoms with Crippen LogP contribution in [0.15, 0.2) is 84.2 Å². The van der Waals surface area contributed by atoms with Crippen LogP contribution in [0.3, 0.4) is 0 Å². The molecule has 0 aliphatic rings. The van der Waals surface area contributed by atoms with E-state index >= 15 is 0 Å². The zero-order valence-corrected chi connectivity index (χ0v) is 16.6. The average Bonchev–Trinajstić information content (AvgIpc) is 2.76. The van der Waals surface area contributed by atoms with E-state index in [9.17, 15) is 4.79 Å². The Kier molecular flexibility index (Phi) is 5.15. The molecule has 3 nitrogen and oxygen atoms in total. The predicted octanol–water partition coefficient (Wildman–Crippen LogP) is 5.13. The van der Waals surface area contributed by atoms with Crippen LogP contribution >= 0.6 is 0 Å². The predicted molar refractivity (Wildman–Crippen MR) is 122 cm³/mol. The number of rotatable bonds is 5. The summed E-state index contributed by atoms with van der Waals surface area (Å²) >= 11 is 0. The van der Waals surface area contributed by atoms with Crippen molar-refractivity contribution < 1.29 is 0 Å². The fourth-order valence-corrected chi connectivity index (χ4v) is 3.67. The van der Waals surface area contributed by atoms with Crippen molar-refractivity contribution in [1.82, 2.24) is 4.57 Å². The molecular formula is C26H24N2O. The lowest BCUT2D eigenvalue weighted by molar-refractivity contribution is 0.793. The molecule has 2 N–H and O–H groups in total. The van der Waals surface area contributed by atoms with Crippen LogP contribution in [0.1, 0.15) is 22.3 Å². The van der Waals surface area contributed by atoms with E-state index in [4.69, 9.17) is 5.73 Å². The second-order valence-electron chi connectivity index (χ2n) is 7.33. The van der Waals surface area contributed by atoms with Gasteiger partial charge < -0.3 is 10.3 Å². The van der Waals surface area contributed by atoms with Crippen LogP contribution in [-0.4, -0.2) is 4.57 Å². The fraction of sp³-hybridized carbons (Fsp3) is 0.115. The quantitative estimate of drug-likeness (QED) is 0.522. The summed E-state index contributed by atoms with van der Waals surface area (Å²) in [5.74, 6) is 0. The lowest BCUT2D eigenvalue weighted by Gasteiger charge is -2.13. The third kappa shape index (κ3) is 3.78. The first-order valence-electron chi connectivity index (χ1n) is 9.74. The number of hydrogen-bond acceptors (Lipinski definition) is 2. The van der Waals surface area contributed by atoms with Gasteiger partial charge in [-0.2, -0.15) is 0 Å². The van der Waals surface area contributed by atoms with Crippen LogP contribution in [-0.2, 0) is 13.1 Å². The Hall–Kier alpha value is -3.43. The van der Waals surface area contributed by atoms with E-state index in [1.807, 2.05) is 23.6 Å². The topological polar surface area (TPSA) is 48.0 Å².